The van der Waals surface area contributed by atoms with Crippen molar-refractivity contribution in [2.24, 2.45) is 4.99 Å². The van der Waals surface area contributed by atoms with E-state index in [9.17, 15) is 18.0 Å². The molecule has 1 amide bonds. The molecule has 11 heteroatoms. The van der Waals surface area contributed by atoms with Crippen LogP contribution in [-0.4, -0.2) is 82.7 Å². The van der Waals surface area contributed by atoms with Gasteiger partial charge in [-0.2, -0.15) is 13.2 Å². The number of guanidine groups is 1. The second-order valence-electron chi connectivity index (χ2n) is 7.08. The van der Waals surface area contributed by atoms with Crippen LogP contribution in [0.15, 0.2) is 29.3 Å². The fourth-order valence-electron chi connectivity index (χ4n) is 2.46. The molecule has 31 heavy (non-hydrogen) atoms. The first kappa shape index (κ1) is 29.4. The smallest absolute Gasteiger partial charge is 0.385 e. The summed E-state index contributed by atoms with van der Waals surface area (Å²) in [5.41, 5.74) is -0.278. The van der Waals surface area contributed by atoms with E-state index < -0.39 is 11.7 Å². The minimum Gasteiger partial charge on any atom is -0.385 e. The Morgan fingerprint density at radius 1 is 1.16 bits per heavy atom. The van der Waals surface area contributed by atoms with Crippen molar-refractivity contribution in [1.29, 1.82) is 0 Å². The van der Waals surface area contributed by atoms with E-state index >= 15 is 0 Å². The lowest BCUT2D eigenvalue weighted by atomic mass is 10.1. The van der Waals surface area contributed by atoms with Gasteiger partial charge in [0.25, 0.3) is 0 Å². The van der Waals surface area contributed by atoms with E-state index in [-0.39, 0.29) is 43.0 Å². The molecule has 0 heterocycles. The number of hydrogen-bond donors (Lipinski definition) is 2. The molecular formula is C20H33F3IN5O2. The topological polar surface area (TPSA) is 69.2 Å². The highest BCUT2D eigenvalue weighted by Crippen LogP contribution is 2.29. The molecule has 2 N–H and O–H groups in total. The molecule has 0 radical (unpaired) electrons. The monoisotopic (exact) mass is 559 g/mol. The highest BCUT2D eigenvalue weighted by molar-refractivity contribution is 14.0. The van der Waals surface area contributed by atoms with Gasteiger partial charge in [-0.05, 0) is 31.2 Å². The number of halogens is 4. The Morgan fingerprint density at radius 2 is 1.87 bits per heavy atom. The summed E-state index contributed by atoms with van der Waals surface area (Å²) in [5.74, 6) is 0.230. The van der Waals surface area contributed by atoms with Gasteiger partial charge in [0.15, 0.2) is 5.96 Å². The van der Waals surface area contributed by atoms with Crippen molar-refractivity contribution in [3.63, 3.8) is 0 Å². The number of alkyl halides is 3. The summed E-state index contributed by atoms with van der Waals surface area (Å²) in [4.78, 5) is 19.8. The van der Waals surface area contributed by atoms with Gasteiger partial charge in [-0.15, -0.1) is 24.0 Å². The molecule has 0 unspecified atom stereocenters. The van der Waals surface area contributed by atoms with Crippen LogP contribution in [0.2, 0.25) is 0 Å². The summed E-state index contributed by atoms with van der Waals surface area (Å²) in [6.07, 6.45) is -3.48. The molecule has 0 aliphatic heterocycles. The highest BCUT2D eigenvalue weighted by Gasteiger charge is 2.30. The minimum atomic E-state index is -4.40. The van der Waals surface area contributed by atoms with Crippen molar-refractivity contribution in [2.45, 2.75) is 19.1 Å². The van der Waals surface area contributed by atoms with Gasteiger partial charge in [0.1, 0.15) is 0 Å². The summed E-state index contributed by atoms with van der Waals surface area (Å²) in [5, 5.41) is 6.05. The van der Waals surface area contributed by atoms with E-state index in [4.69, 9.17) is 4.74 Å². The zero-order valence-corrected chi connectivity index (χ0v) is 20.8. The summed E-state index contributed by atoms with van der Waals surface area (Å²) in [7, 11) is 6.94. The normalized spacial score (nSPS) is 11.8. The Labute approximate surface area is 199 Å². The van der Waals surface area contributed by atoms with E-state index in [1.54, 1.807) is 27.3 Å². The van der Waals surface area contributed by atoms with Crippen LogP contribution in [0.25, 0.3) is 0 Å². The van der Waals surface area contributed by atoms with Crippen molar-refractivity contribution in [3.05, 3.63) is 35.4 Å². The Hall–Kier alpha value is -1.60. The number of hydrogen-bond acceptors (Lipinski definition) is 4. The molecule has 0 bridgehead atoms. The number of rotatable bonds is 11. The van der Waals surface area contributed by atoms with Gasteiger partial charge in [-0.25, -0.2) is 4.99 Å². The number of carbonyl (C=O) groups is 1. The van der Waals surface area contributed by atoms with E-state index in [0.29, 0.717) is 24.7 Å². The first-order valence-corrected chi connectivity index (χ1v) is 9.69. The van der Waals surface area contributed by atoms with Crippen LogP contribution in [0.1, 0.15) is 17.5 Å². The third-order valence-corrected chi connectivity index (χ3v) is 4.25. The fourth-order valence-corrected chi connectivity index (χ4v) is 2.46. The predicted octanol–water partition coefficient (Wildman–Crippen LogP) is 2.42. The number of nitrogens with zero attached hydrogens (tertiary/aromatic N) is 3. The van der Waals surface area contributed by atoms with Gasteiger partial charge in [0.2, 0.25) is 5.91 Å². The number of ether oxygens (including phenoxy) is 1. The molecule has 1 aromatic rings. The van der Waals surface area contributed by atoms with Crippen molar-refractivity contribution in [2.75, 3.05) is 61.0 Å². The van der Waals surface area contributed by atoms with E-state index in [2.05, 4.69) is 20.5 Å². The summed E-state index contributed by atoms with van der Waals surface area (Å²) >= 11 is 0. The summed E-state index contributed by atoms with van der Waals surface area (Å²) in [6, 6.07) is 5.05. The quantitative estimate of drug-likeness (QED) is 0.189. The Morgan fingerprint density at radius 3 is 2.48 bits per heavy atom. The lowest BCUT2D eigenvalue weighted by Gasteiger charge is -2.19. The molecule has 0 saturated carbocycles. The van der Waals surface area contributed by atoms with Gasteiger partial charge in [0.05, 0.1) is 18.7 Å². The molecule has 0 atom stereocenters. The van der Waals surface area contributed by atoms with Gasteiger partial charge in [-0.3, -0.25) is 4.79 Å². The summed E-state index contributed by atoms with van der Waals surface area (Å²) < 4.78 is 43.7. The summed E-state index contributed by atoms with van der Waals surface area (Å²) in [6.45, 7) is 2.95. The van der Waals surface area contributed by atoms with Gasteiger partial charge < -0.3 is 25.2 Å². The Balaban J connectivity index is 0.00000900. The van der Waals surface area contributed by atoms with Crippen molar-refractivity contribution >= 4 is 35.8 Å². The minimum absolute atomic E-state index is 0. The van der Waals surface area contributed by atoms with Gasteiger partial charge in [-0.1, -0.05) is 12.1 Å². The maximum absolute atomic E-state index is 12.9. The lowest BCUT2D eigenvalue weighted by molar-refractivity contribution is -0.137. The highest BCUT2D eigenvalue weighted by atomic mass is 127. The number of aliphatic imine (C=N–C) groups is 1. The average molecular weight is 559 g/mol. The van der Waals surface area contributed by atoms with Gasteiger partial charge >= 0.3 is 6.18 Å². The molecule has 0 fully saturated rings. The van der Waals surface area contributed by atoms with E-state index in [1.165, 1.54) is 11.0 Å². The van der Waals surface area contributed by atoms with Crippen molar-refractivity contribution in [3.8, 4) is 0 Å². The van der Waals surface area contributed by atoms with Crippen LogP contribution < -0.4 is 10.6 Å². The third kappa shape index (κ3) is 12.8. The van der Waals surface area contributed by atoms with Crippen molar-refractivity contribution < 1.29 is 22.7 Å². The molecule has 7 nitrogen and oxygen atoms in total. The van der Waals surface area contributed by atoms with Crippen LogP contribution in [-0.2, 0) is 22.3 Å². The van der Waals surface area contributed by atoms with Gasteiger partial charge in [0, 0.05) is 47.4 Å². The van der Waals surface area contributed by atoms with Crippen LogP contribution in [0.3, 0.4) is 0 Å². The first-order chi connectivity index (χ1) is 14.1. The number of benzene rings is 1. The lowest BCUT2D eigenvalue weighted by Crippen LogP contribution is -2.45. The molecule has 0 aliphatic rings. The standard InChI is InChI=1S/C20H32F3N5O2.HI/c1-27(2)18(29)15-26-19(24-9-11-28(3)10-6-12-30-4)25-14-16-7-5-8-17(13-16)20(21,22)23;/h5,7-8,13H,6,9-12,14-15H2,1-4H3,(H2,24,25,26);1H. The number of methoxy groups -OCH3 is 1. The molecule has 0 aliphatic carbocycles. The SMILES string of the molecule is COCCCN(C)CCNC(=NCc1cccc(C(F)(F)F)c1)NCC(=O)N(C)C.I. The number of carbonyl (C=O) groups excluding carboxylic acids is 1. The zero-order valence-electron chi connectivity index (χ0n) is 18.5. The maximum Gasteiger partial charge on any atom is 0.416 e. The second kappa shape index (κ2) is 15.2. The van der Waals surface area contributed by atoms with Crippen LogP contribution >= 0.6 is 24.0 Å². The van der Waals surface area contributed by atoms with E-state index in [0.717, 1.165) is 31.6 Å². The molecular weight excluding hydrogens is 526 g/mol. The van der Waals surface area contributed by atoms with E-state index in [1.807, 2.05) is 7.05 Å². The Kier molecular flexibility index (Phi) is 14.5. The van der Waals surface area contributed by atoms with Crippen LogP contribution in [0.5, 0.6) is 0 Å². The first-order valence-electron chi connectivity index (χ1n) is 9.69. The molecule has 0 saturated heterocycles. The fraction of sp³-hybridized carbons (Fsp3) is 0.600. The van der Waals surface area contributed by atoms with Crippen LogP contribution in [0.4, 0.5) is 13.2 Å². The number of likely N-dealkylation sites (N-methyl/N-ethyl adjacent to an activating group) is 2. The molecule has 1 rings (SSSR count). The van der Waals surface area contributed by atoms with Crippen molar-refractivity contribution in [1.82, 2.24) is 20.4 Å². The Bertz CT molecular complexity index is 687. The average Bonchev–Trinajstić information content (AvgIpc) is 2.69. The molecule has 1 aromatic carbocycles. The number of amides is 1. The molecule has 0 aromatic heterocycles. The maximum atomic E-state index is 12.9. The number of nitrogens with one attached hydrogen (secondary N) is 2. The zero-order chi connectivity index (χ0) is 22.6. The molecule has 0 spiro atoms. The molecule has 178 valence electrons. The van der Waals surface area contributed by atoms with Crippen LogP contribution in [0, 0.1) is 0 Å². The second-order valence-corrected chi connectivity index (χ2v) is 7.08. The largest absolute Gasteiger partial charge is 0.416 e. The third-order valence-electron chi connectivity index (χ3n) is 4.25. The predicted molar refractivity (Wildman–Crippen MR) is 127 cm³/mol.